The largest absolute Gasteiger partial charge is 0.368 e. The van der Waals surface area contributed by atoms with Gasteiger partial charge in [0.2, 0.25) is 11.8 Å². The Balaban J connectivity index is 1.85. The number of aliphatic imine (C=N–C) groups is 1. The molecule has 2 rings (SSSR count). The fraction of sp³-hybridized carbons (Fsp3) is 0.450. The van der Waals surface area contributed by atoms with Crippen molar-refractivity contribution in [3.8, 4) is 12.3 Å². The van der Waals surface area contributed by atoms with Crippen molar-refractivity contribution >= 4 is 23.5 Å². The van der Waals surface area contributed by atoms with Crippen LogP contribution in [0.4, 0.5) is 5.69 Å². The first-order valence-electron chi connectivity index (χ1n) is 9.15. The lowest BCUT2D eigenvalue weighted by Crippen LogP contribution is -2.61. The maximum Gasteiger partial charge on any atom is 0.243 e. The minimum Gasteiger partial charge on any atom is -0.368 e. The normalized spacial score (nSPS) is 15.6. The first kappa shape index (κ1) is 21.3. The quantitative estimate of drug-likeness (QED) is 0.379. The third kappa shape index (κ3) is 5.24. The van der Waals surface area contributed by atoms with E-state index < -0.39 is 5.54 Å². The summed E-state index contributed by atoms with van der Waals surface area (Å²) in [5.74, 6) is 2.65. The van der Waals surface area contributed by atoms with Crippen LogP contribution in [0.3, 0.4) is 0 Å². The van der Waals surface area contributed by atoms with Gasteiger partial charge in [0.05, 0.1) is 12.1 Å². The van der Waals surface area contributed by atoms with E-state index in [1.54, 1.807) is 31.3 Å². The van der Waals surface area contributed by atoms with Gasteiger partial charge in [0.15, 0.2) is 5.96 Å². The number of benzene rings is 1. The highest BCUT2D eigenvalue weighted by Crippen LogP contribution is 2.16. The van der Waals surface area contributed by atoms with Crippen LogP contribution in [0.1, 0.15) is 19.4 Å². The third-order valence-corrected chi connectivity index (χ3v) is 4.90. The van der Waals surface area contributed by atoms with Crippen LogP contribution >= 0.6 is 0 Å². The summed E-state index contributed by atoms with van der Waals surface area (Å²) in [5, 5.41) is 5.89. The number of carbonyl (C=O) groups is 2. The molecule has 2 amide bonds. The zero-order valence-electron chi connectivity index (χ0n) is 16.7. The SMILES string of the molecule is C#Cc1cccc(NC(=O)CNC(=NC)N2CCN(C(C)(C)C(N)=O)CC2)c1. The molecule has 1 aliphatic heterocycles. The number of carbonyl (C=O) groups excluding carboxylic acids is 2. The molecule has 0 radical (unpaired) electrons. The average molecular weight is 384 g/mol. The van der Waals surface area contributed by atoms with Crippen molar-refractivity contribution in [2.45, 2.75) is 19.4 Å². The fourth-order valence-electron chi connectivity index (χ4n) is 3.02. The van der Waals surface area contributed by atoms with E-state index in [-0.39, 0.29) is 18.4 Å². The number of nitrogens with two attached hydrogens (primary N) is 1. The van der Waals surface area contributed by atoms with Gasteiger partial charge in [-0.05, 0) is 32.0 Å². The number of guanidine groups is 1. The Labute approximate surface area is 166 Å². The van der Waals surface area contributed by atoms with E-state index in [2.05, 4.69) is 31.3 Å². The standard InChI is InChI=1S/C20H28N6O2/c1-5-15-7-6-8-16(13-15)24-17(27)14-23-19(22-4)25-9-11-26(12-10-25)20(2,3)18(21)28/h1,6-8,13H,9-12,14H2,2-4H3,(H2,21,28)(H,22,23)(H,24,27). The summed E-state index contributed by atoms with van der Waals surface area (Å²) in [5.41, 5.74) is 6.17. The highest BCUT2D eigenvalue weighted by molar-refractivity contribution is 5.95. The number of anilines is 1. The van der Waals surface area contributed by atoms with Gasteiger partial charge in [-0.1, -0.05) is 12.0 Å². The Morgan fingerprint density at radius 1 is 1.29 bits per heavy atom. The molecule has 0 spiro atoms. The van der Waals surface area contributed by atoms with Gasteiger partial charge in [0.25, 0.3) is 0 Å². The lowest BCUT2D eigenvalue weighted by Gasteiger charge is -2.43. The van der Waals surface area contributed by atoms with Crippen LogP contribution in [0.5, 0.6) is 0 Å². The molecule has 28 heavy (non-hydrogen) atoms. The van der Waals surface area contributed by atoms with E-state index in [0.29, 0.717) is 43.4 Å². The van der Waals surface area contributed by atoms with Crippen molar-refractivity contribution in [1.29, 1.82) is 0 Å². The molecular weight excluding hydrogens is 356 g/mol. The molecule has 0 saturated carbocycles. The summed E-state index contributed by atoms with van der Waals surface area (Å²) >= 11 is 0. The molecule has 150 valence electrons. The molecule has 0 bridgehead atoms. The number of amides is 2. The van der Waals surface area contributed by atoms with Crippen LogP contribution in [0.2, 0.25) is 0 Å². The van der Waals surface area contributed by atoms with Crippen LogP contribution in [0.25, 0.3) is 0 Å². The van der Waals surface area contributed by atoms with E-state index in [9.17, 15) is 9.59 Å². The summed E-state index contributed by atoms with van der Waals surface area (Å²) in [6.07, 6.45) is 5.38. The molecule has 8 heteroatoms. The van der Waals surface area contributed by atoms with Gasteiger partial charge < -0.3 is 21.3 Å². The molecular formula is C20H28N6O2. The highest BCUT2D eigenvalue weighted by atomic mass is 16.2. The van der Waals surface area contributed by atoms with Gasteiger partial charge in [-0.25, -0.2) is 0 Å². The number of nitrogens with zero attached hydrogens (tertiary/aromatic N) is 3. The number of primary amides is 1. The maximum atomic E-state index is 12.2. The lowest BCUT2D eigenvalue weighted by atomic mass is 10.0. The molecule has 0 aliphatic carbocycles. The summed E-state index contributed by atoms with van der Waals surface area (Å²) in [4.78, 5) is 32.2. The Hall–Kier alpha value is -3.05. The first-order chi connectivity index (χ1) is 13.3. The van der Waals surface area contributed by atoms with Crippen molar-refractivity contribution in [2.75, 3.05) is 45.1 Å². The minimum absolute atomic E-state index is 0.0833. The topological polar surface area (TPSA) is 103 Å². The van der Waals surface area contributed by atoms with Crippen molar-refractivity contribution in [3.63, 3.8) is 0 Å². The molecule has 1 fully saturated rings. The number of hydrogen-bond donors (Lipinski definition) is 3. The molecule has 8 nitrogen and oxygen atoms in total. The second kappa shape index (κ2) is 9.24. The van der Waals surface area contributed by atoms with Crippen LogP contribution in [0, 0.1) is 12.3 Å². The highest BCUT2D eigenvalue weighted by Gasteiger charge is 2.35. The summed E-state index contributed by atoms with van der Waals surface area (Å²) < 4.78 is 0. The predicted molar refractivity (Wildman–Crippen MR) is 111 cm³/mol. The van der Waals surface area contributed by atoms with Crippen molar-refractivity contribution in [2.24, 2.45) is 10.7 Å². The van der Waals surface area contributed by atoms with Crippen molar-refractivity contribution < 1.29 is 9.59 Å². The van der Waals surface area contributed by atoms with Gasteiger partial charge in [-0.2, -0.15) is 0 Å². The monoisotopic (exact) mass is 384 g/mol. The second-order valence-electron chi connectivity index (χ2n) is 7.07. The molecule has 0 unspecified atom stereocenters. The van der Waals surface area contributed by atoms with Crippen LogP contribution in [-0.4, -0.2) is 72.9 Å². The Morgan fingerprint density at radius 3 is 2.54 bits per heavy atom. The molecule has 1 aromatic carbocycles. The minimum atomic E-state index is -0.685. The summed E-state index contributed by atoms with van der Waals surface area (Å²) in [6.45, 7) is 6.48. The number of nitrogens with one attached hydrogen (secondary N) is 2. The Kier molecular flexibility index (Phi) is 7.01. The molecule has 1 heterocycles. The second-order valence-corrected chi connectivity index (χ2v) is 7.07. The van der Waals surface area contributed by atoms with Gasteiger partial charge in [-0.15, -0.1) is 6.42 Å². The summed E-state index contributed by atoms with van der Waals surface area (Å²) in [6, 6.07) is 7.12. The van der Waals surface area contributed by atoms with E-state index in [0.717, 1.165) is 0 Å². The number of piperazine rings is 1. The molecule has 1 aliphatic rings. The van der Waals surface area contributed by atoms with Crippen molar-refractivity contribution in [1.82, 2.24) is 15.1 Å². The molecule has 0 aromatic heterocycles. The Bertz CT molecular complexity index is 788. The zero-order chi connectivity index (χ0) is 20.7. The van der Waals surface area contributed by atoms with E-state index in [1.165, 1.54) is 0 Å². The van der Waals surface area contributed by atoms with Crippen molar-refractivity contribution in [3.05, 3.63) is 29.8 Å². The number of rotatable bonds is 5. The van der Waals surface area contributed by atoms with Gasteiger partial charge >= 0.3 is 0 Å². The number of terminal acetylenes is 1. The lowest BCUT2D eigenvalue weighted by molar-refractivity contribution is -0.129. The molecule has 1 saturated heterocycles. The third-order valence-electron chi connectivity index (χ3n) is 4.90. The fourth-order valence-corrected chi connectivity index (χ4v) is 3.02. The maximum absolute atomic E-state index is 12.2. The van der Waals surface area contributed by atoms with E-state index in [4.69, 9.17) is 12.2 Å². The van der Waals surface area contributed by atoms with E-state index in [1.807, 2.05) is 13.8 Å². The average Bonchev–Trinajstić information content (AvgIpc) is 2.68. The van der Waals surface area contributed by atoms with Gasteiger partial charge in [0.1, 0.15) is 0 Å². The number of hydrogen-bond acceptors (Lipinski definition) is 4. The summed E-state index contributed by atoms with van der Waals surface area (Å²) in [7, 11) is 1.68. The molecule has 1 aromatic rings. The van der Waals surface area contributed by atoms with E-state index >= 15 is 0 Å². The van der Waals surface area contributed by atoms with Gasteiger partial charge in [-0.3, -0.25) is 19.5 Å². The van der Waals surface area contributed by atoms with Crippen LogP contribution in [-0.2, 0) is 9.59 Å². The molecule has 4 N–H and O–H groups in total. The van der Waals surface area contributed by atoms with Crippen LogP contribution in [0.15, 0.2) is 29.3 Å². The first-order valence-corrected chi connectivity index (χ1v) is 9.15. The Morgan fingerprint density at radius 2 is 1.96 bits per heavy atom. The smallest absolute Gasteiger partial charge is 0.243 e. The van der Waals surface area contributed by atoms with Crippen LogP contribution < -0.4 is 16.4 Å². The zero-order valence-corrected chi connectivity index (χ0v) is 16.7. The molecule has 0 atom stereocenters. The predicted octanol–water partition coefficient (Wildman–Crippen LogP) is 0.0633. The van der Waals surface area contributed by atoms with Gasteiger partial charge in [0, 0.05) is 44.5 Å².